The van der Waals surface area contributed by atoms with E-state index in [9.17, 15) is 9.59 Å². The quantitative estimate of drug-likeness (QED) is 0.440. The van der Waals surface area contributed by atoms with Gasteiger partial charge in [-0.3, -0.25) is 9.59 Å². The SMILES string of the molecule is CCOC(=O)C1CCN(C(=O)CSc2nnc(-c3cc4ccccc4n3C)o2)CC1. The number of hydrogen-bond donors (Lipinski definition) is 0. The minimum Gasteiger partial charge on any atom is -0.466 e. The molecule has 2 aromatic heterocycles. The molecule has 158 valence electrons. The second kappa shape index (κ2) is 8.91. The Balaban J connectivity index is 1.33. The number of likely N-dealkylation sites (tertiary alicyclic amines) is 1. The van der Waals surface area contributed by atoms with Crippen LogP contribution in [0.3, 0.4) is 0 Å². The number of thioether (sulfide) groups is 1. The van der Waals surface area contributed by atoms with Crippen molar-refractivity contribution >= 4 is 34.5 Å². The van der Waals surface area contributed by atoms with Gasteiger partial charge < -0.3 is 18.6 Å². The van der Waals surface area contributed by atoms with E-state index in [4.69, 9.17) is 9.15 Å². The van der Waals surface area contributed by atoms with Crippen LogP contribution in [0.4, 0.5) is 0 Å². The van der Waals surface area contributed by atoms with E-state index in [2.05, 4.69) is 10.2 Å². The number of carbonyl (C=O) groups is 2. The standard InChI is InChI=1S/C21H24N4O4S/c1-3-28-20(27)14-8-10-25(11-9-14)18(26)13-30-21-23-22-19(29-21)17-12-15-6-4-5-7-16(15)24(17)2/h4-7,12,14H,3,8-11,13H2,1-2H3. The van der Waals surface area contributed by atoms with Crippen LogP contribution in [0, 0.1) is 5.92 Å². The van der Waals surface area contributed by atoms with E-state index >= 15 is 0 Å². The van der Waals surface area contributed by atoms with Crippen LogP contribution < -0.4 is 0 Å². The second-order valence-electron chi connectivity index (χ2n) is 7.22. The molecule has 9 heteroatoms. The molecule has 1 aliphatic heterocycles. The smallest absolute Gasteiger partial charge is 0.309 e. The van der Waals surface area contributed by atoms with Crippen molar-refractivity contribution < 1.29 is 18.7 Å². The first-order valence-corrected chi connectivity index (χ1v) is 11.0. The second-order valence-corrected chi connectivity index (χ2v) is 8.14. The van der Waals surface area contributed by atoms with Crippen LogP contribution in [0.15, 0.2) is 40.0 Å². The summed E-state index contributed by atoms with van der Waals surface area (Å²) < 4.78 is 12.9. The van der Waals surface area contributed by atoms with E-state index < -0.39 is 0 Å². The molecular formula is C21H24N4O4S. The summed E-state index contributed by atoms with van der Waals surface area (Å²) in [5.74, 6) is 0.387. The fourth-order valence-corrected chi connectivity index (χ4v) is 4.37. The maximum Gasteiger partial charge on any atom is 0.309 e. The van der Waals surface area contributed by atoms with Gasteiger partial charge in [0, 0.05) is 31.0 Å². The maximum absolute atomic E-state index is 12.5. The third-order valence-electron chi connectivity index (χ3n) is 5.36. The van der Waals surface area contributed by atoms with Gasteiger partial charge in [-0.25, -0.2) is 0 Å². The van der Waals surface area contributed by atoms with Crippen molar-refractivity contribution in [1.82, 2.24) is 19.7 Å². The molecule has 1 saturated heterocycles. The van der Waals surface area contributed by atoms with Crippen molar-refractivity contribution in [3.8, 4) is 11.6 Å². The van der Waals surface area contributed by atoms with Gasteiger partial charge in [0.05, 0.1) is 18.3 Å². The Kier molecular flexibility index (Phi) is 6.08. The predicted octanol–water partition coefficient (Wildman–Crippen LogP) is 3.12. The van der Waals surface area contributed by atoms with Gasteiger partial charge in [-0.05, 0) is 31.9 Å². The number of carbonyl (C=O) groups excluding carboxylic acids is 2. The maximum atomic E-state index is 12.5. The Bertz CT molecular complexity index is 1050. The fourth-order valence-electron chi connectivity index (χ4n) is 3.71. The number of fused-ring (bicyclic) bond motifs is 1. The Morgan fingerprint density at radius 1 is 1.23 bits per heavy atom. The number of ether oxygens (including phenoxy) is 1. The fraction of sp³-hybridized carbons (Fsp3) is 0.429. The molecule has 1 fully saturated rings. The molecule has 4 rings (SSSR count). The van der Waals surface area contributed by atoms with Crippen LogP contribution in [-0.4, -0.2) is 57.0 Å². The van der Waals surface area contributed by atoms with Crippen molar-refractivity contribution in [2.24, 2.45) is 13.0 Å². The molecule has 0 bridgehead atoms. The van der Waals surface area contributed by atoms with Crippen molar-refractivity contribution in [1.29, 1.82) is 0 Å². The lowest BCUT2D eigenvalue weighted by atomic mass is 9.97. The molecule has 0 aliphatic carbocycles. The number of aryl methyl sites for hydroxylation is 1. The molecule has 1 aliphatic rings. The zero-order valence-electron chi connectivity index (χ0n) is 17.0. The lowest BCUT2D eigenvalue weighted by Crippen LogP contribution is -2.41. The Labute approximate surface area is 178 Å². The summed E-state index contributed by atoms with van der Waals surface area (Å²) in [7, 11) is 1.96. The highest BCUT2D eigenvalue weighted by Crippen LogP contribution is 2.28. The van der Waals surface area contributed by atoms with Gasteiger partial charge >= 0.3 is 5.97 Å². The van der Waals surface area contributed by atoms with Crippen LogP contribution >= 0.6 is 11.8 Å². The summed E-state index contributed by atoms with van der Waals surface area (Å²) in [5.41, 5.74) is 1.92. The molecule has 0 radical (unpaired) electrons. The van der Waals surface area contributed by atoms with Crippen LogP contribution in [0.1, 0.15) is 19.8 Å². The van der Waals surface area contributed by atoms with Crippen molar-refractivity contribution in [2.45, 2.75) is 25.0 Å². The van der Waals surface area contributed by atoms with Gasteiger partial charge in [0.1, 0.15) is 5.69 Å². The normalized spacial score (nSPS) is 14.9. The largest absolute Gasteiger partial charge is 0.466 e. The van der Waals surface area contributed by atoms with E-state index in [-0.39, 0.29) is 23.5 Å². The van der Waals surface area contributed by atoms with E-state index in [0.717, 1.165) is 16.6 Å². The van der Waals surface area contributed by atoms with Crippen molar-refractivity contribution in [2.75, 3.05) is 25.4 Å². The number of hydrogen-bond acceptors (Lipinski definition) is 7. The molecule has 1 amide bonds. The van der Waals surface area contributed by atoms with Crippen molar-refractivity contribution in [3.05, 3.63) is 30.3 Å². The first kappa shape index (κ1) is 20.5. The third-order valence-corrected chi connectivity index (χ3v) is 6.17. The predicted molar refractivity (Wildman–Crippen MR) is 113 cm³/mol. The van der Waals surface area contributed by atoms with E-state index in [1.165, 1.54) is 11.8 Å². The monoisotopic (exact) mass is 428 g/mol. The number of amides is 1. The van der Waals surface area contributed by atoms with Gasteiger partial charge in [0.2, 0.25) is 5.91 Å². The highest BCUT2D eigenvalue weighted by Gasteiger charge is 2.28. The molecule has 0 N–H and O–H groups in total. The van der Waals surface area contributed by atoms with Gasteiger partial charge in [-0.1, -0.05) is 30.0 Å². The number of esters is 1. The van der Waals surface area contributed by atoms with E-state index in [0.29, 0.717) is 43.7 Å². The first-order valence-electron chi connectivity index (χ1n) is 10.0. The van der Waals surface area contributed by atoms with Gasteiger partial charge in [-0.15, -0.1) is 10.2 Å². The Hall–Kier alpha value is -2.81. The first-order chi connectivity index (χ1) is 14.6. The molecule has 3 heterocycles. The summed E-state index contributed by atoms with van der Waals surface area (Å²) >= 11 is 1.23. The molecule has 8 nitrogen and oxygen atoms in total. The average molecular weight is 429 g/mol. The highest BCUT2D eigenvalue weighted by molar-refractivity contribution is 7.99. The summed E-state index contributed by atoms with van der Waals surface area (Å²) in [5, 5.41) is 9.69. The summed E-state index contributed by atoms with van der Waals surface area (Å²) in [6, 6.07) is 10.1. The molecule has 3 aromatic rings. The summed E-state index contributed by atoms with van der Waals surface area (Å²) in [6.45, 7) is 3.32. The van der Waals surface area contributed by atoms with Gasteiger partial charge in [0.25, 0.3) is 11.1 Å². The third kappa shape index (κ3) is 4.21. The summed E-state index contributed by atoms with van der Waals surface area (Å²) in [4.78, 5) is 26.1. The summed E-state index contributed by atoms with van der Waals surface area (Å²) in [6.07, 6.45) is 1.28. The van der Waals surface area contributed by atoms with Crippen LogP contribution in [-0.2, 0) is 21.4 Å². The highest BCUT2D eigenvalue weighted by atomic mass is 32.2. The average Bonchev–Trinajstić information content (AvgIpc) is 3.37. The molecule has 0 unspecified atom stereocenters. The zero-order valence-corrected chi connectivity index (χ0v) is 17.9. The Morgan fingerprint density at radius 2 is 2.00 bits per heavy atom. The zero-order chi connectivity index (χ0) is 21.1. The molecule has 0 spiro atoms. The molecule has 30 heavy (non-hydrogen) atoms. The lowest BCUT2D eigenvalue weighted by Gasteiger charge is -2.30. The van der Waals surface area contributed by atoms with E-state index in [1.807, 2.05) is 41.9 Å². The number of nitrogens with zero attached hydrogens (tertiary/aromatic N) is 4. The molecular weight excluding hydrogens is 404 g/mol. The van der Waals surface area contributed by atoms with Gasteiger partial charge in [0.15, 0.2) is 0 Å². The number of benzene rings is 1. The lowest BCUT2D eigenvalue weighted by molar-refractivity contribution is -0.151. The van der Waals surface area contributed by atoms with E-state index in [1.54, 1.807) is 11.8 Å². The molecule has 0 saturated carbocycles. The van der Waals surface area contributed by atoms with Crippen LogP contribution in [0.5, 0.6) is 0 Å². The minimum absolute atomic E-state index is 0.00617. The minimum atomic E-state index is -0.161. The van der Waals surface area contributed by atoms with Crippen molar-refractivity contribution in [3.63, 3.8) is 0 Å². The molecule has 0 atom stereocenters. The topological polar surface area (TPSA) is 90.5 Å². The number of aromatic nitrogens is 3. The van der Waals surface area contributed by atoms with Crippen LogP contribution in [0.2, 0.25) is 0 Å². The number of piperidine rings is 1. The van der Waals surface area contributed by atoms with Crippen LogP contribution in [0.25, 0.3) is 22.5 Å². The number of rotatable bonds is 6. The van der Waals surface area contributed by atoms with Gasteiger partial charge in [-0.2, -0.15) is 0 Å². The number of para-hydroxylation sites is 1. The molecule has 1 aromatic carbocycles. The Morgan fingerprint density at radius 3 is 2.73 bits per heavy atom.